The molecular weight excluding hydrogens is 612 g/mol. The highest BCUT2D eigenvalue weighted by Gasteiger charge is 2.37. The van der Waals surface area contributed by atoms with E-state index in [4.69, 9.17) is 21.1 Å². The van der Waals surface area contributed by atoms with E-state index >= 15 is 0 Å². The Morgan fingerprint density at radius 1 is 1.12 bits per heavy atom. The largest absolute Gasteiger partial charge is 0.487 e. The Kier molecular flexibility index (Phi) is 8.36. The van der Waals surface area contributed by atoms with Crippen LogP contribution < -0.4 is 4.74 Å². The molecular formula is C23H19Br2ClN2O5S. The van der Waals surface area contributed by atoms with Crippen molar-refractivity contribution in [3.05, 3.63) is 66.4 Å². The molecule has 0 atom stereocenters. The Hall–Kier alpha value is -1.85. The quantitative estimate of drug-likeness (QED) is 0.402. The molecule has 0 aliphatic carbocycles. The zero-order valence-electron chi connectivity index (χ0n) is 17.8. The first-order valence-electron chi connectivity index (χ1n) is 10.3. The number of thioether (sulfide) groups is 1. The van der Waals surface area contributed by atoms with E-state index in [9.17, 15) is 14.4 Å². The summed E-state index contributed by atoms with van der Waals surface area (Å²) in [5.74, 6) is -0.136. The first kappa shape index (κ1) is 25.2. The van der Waals surface area contributed by atoms with Gasteiger partial charge >= 0.3 is 0 Å². The number of morpholine rings is 1. The SMILES string of the molecule is O=C(CN1C(=O)S/C(=C/c2cc(Br)c(OCc3ccc(Cl)cc3)c(Br)c2)C1=O)N1CCOCC1. The summed E-state index contributed by atoms with van der Waals surface area (Å²) < 4.78 is 12.5. The first-order valence-corrected chi connectivity index (χ1v) is 13.1. The summed E-state index contributed by atoms with van der Waals surface area (Å²) in [4.78, 5) is 40.6. The Bertz CT molecular complexity index is 1130. The molecule has 4 rings (SSSR count). The maximum Gasteiger partial charge on any atom is 0.294 e. The van der Waals surface area contributed by atoms with Gasteiger partial charge in [-0.1, -0.05) is 23.7 Å². The summed E-state index contributed by atoms with van der Waals surface area (Å²) in [7, 11) is 0. The van der Waals surface area contributed by atoms with Crippen LogP contribution in [0.4, 0.5) is 4.79 Å². The molecule has 7 nitrogen and oxygen atoms in total. The molecule has 2 aliphatic rings. The van der Waals surface area contributed by atoms with Crippen molar-refractivity contribution in [1.82, 2.24) is 9.80 Å². The zero-order chi connectivity index (χ0) is 24.2. The van der Waals surface area contributed by atoms with Gasteiger partial charge in [-0.25, -0.2) is 0 Å². The Labute approximate surface area is 222 Å². The predicted octanol–water partition coefficient (Wildman–Crippen LogP) is 5.34. The minimum Gasteiger partial charge on any atom is -0.487 e. The number of ether oxygens (including phenoxy) is 2. The molecule has 0 N–H and O–H groups in total. The van der Waals surface area contributed by atoms with E-state index in [1.165, 1.54) is 0 Å². The lowest BCUT2D eigenvalue weighted by atomic mass is 10.2. The van der Waals surface area contributed by atoms with Gasteiger partial charge in [0.15, 0.2) is 0 Å². The molecule has 0 bridgehead atoms. The van der Waals surface area contributed by atoms with E-state index in [0.717, 1.165) is 22.2 Å². The van der Waals surface area contributed by atoms with Crippen LogP contribution in [0.3, 0.4) is 0 Å². The third-order valence-corrected chi connectivity index (χ3v) is 7.48. The van der Waals surface area contributed by atoms with E-state index in [1.807, 2.05) is 12.1 Å². The van der Waals surface area contributed by atoms with Crippen LogP contribution in [-0.4, -0.2) is 59.7 Å². The zero-order valence-corrected chi connectivity index (χ0v) is 22.5. The van der Waals surface area contributed by atoms with Gasteiger partial charge in [-0.05, 0) is 85.1 Å². The summed E-state index contributed by atoms with van der Waals surface area (Å²) in [6.07, 6.45) is 1.63. The lowest BCUT2D eigenvalue weighted by Crippen LogP contribution is -2.46. The van der Waals surface area contributed by atoms with Crippen LogP contribution in [0.2, 0.25) is 5.02 Å². The molecule has 3 amide bonds. The molecule has 34 heavy (non-hydrogen) atoms. The molecule has 2 aromatic rings. The standard InChI is InChI=1S/C23H19Br2ClN2O5S/c24-17-9-15(10-18(25)21(17)33-13-14-1-3-16(26)4-2-14)11-19-22(30)28(23(31)34-19)12-20(29)27-5-7-32-8-6-27/h1-4,9-11H,5-8,12-13H2/b19-11+. The lowest BCUT2D eigenvalue weighted by molar-refractivity contribution is -0.139. The number of amides is 3. The molecule has 2 saturated heterocycles. The van der Waals surface area contributed by atoms with Crippen LogP contribution in [0.15, 0.2) is 50.2 Å². The monoisotopic (exact) mass is 628 g/mol. The number of hydrogen-bond donors (Lipinski definition) is 0. The number of halogens is 3. The van der Waals surface area contributed by atoms with Crippen LogP contribution in [-0.2, 0) is 20.9 Å². The topological polar surface area (TPSA) is 76.2 Å². The van der Waals surface area contributed by atoms with Crippen LogP contribution in [0.5, 0.6) is 5.75 Å². The number of hydrogen-bond acceptors (Lipinski definition) is 6. The van der Waals surface area contributed by atoms with E-state index in [-0.39, 0.29) is 17.4 Å². The van der Waals surface area contributed by atoms with Crippen molar-refractivity contribution >= 4 is 78.4 Å². The third kappa shape index (κ3) is 6.04. The van der Waals surface area contributed by atoms with Crippen molar-refractivity contribution in [2.45, 2.75) is 6.61 Å². The third-order valence-electron chi connectivity index (χ3n) is 5.15. The van der Waals surface area contributed by atoms with Crippen molar-refractivity contribution < 1.29 is 23.9 Å². The van der Waals surface area contributed by atoms with Gasteiger partial charge in [0, 0.05) is 18.1 Å². The maximum atomic E-state index is 12.8. The van der Waals surface area contributed by atoms with Gasteiger partial charge in [-0.3, -0.25) is 19.3 Å². The van der Waals surface area contributed by atoms with E-state index in [2.05, 4.69) is 31.9 Å². The van der Waals surface area contributed by atoms with Gasteiger partial charge in [0.2, 0.25) is 5.91 Å². The molecule has 2 heterocycles. The number of nitrogens with zero attached hydrogens (tertiary/aromatic N) is 2. The second-order valence-electron chi connectivity index (χ2n) is 7.49. The number of rotatable bonds is 6. The highest BCUT2D eigenvalue weighted by molar-refractivity contribution is 9.11. The van der Waals surface area contributed by atoms with Crippen molar-refractivity contribution in [3.8, 4) is 5.75 Å². The fourth-order valence-electron chi connectivity index (χ4n) is 3.37. The smallest absolute Gasteiger partial charge is 0.294 e. The van der Waals surface area contributed by atoms with Crippen molar-refractivity contribution in [1.29, 1.82) is 0 Å². The normalized spacial score (nSPS) is 17.6. The number of carbonyl (C=O) groups is 3. The van der Waals surface area contributed by atoms with Gasteiger partial charge in [0.1, 0.15) is 18.9 Å². The Morgan fingerprint density at radius 3 is 2.41 bits per heavy atom. The van der Waals surface area contributed by atoms with Crippen LogP contribution >= 0.6 is 55.2 Å². The average molecular weight is 631 g/mol. The van der Waals surface area contributed by atoms with Gasteiger partial charge in [-0.15, -0.1) is 0 Å². The molecule has 0 unspecified atom stereocenters. The predicted molar refractivity (Wildman–Crippen MR) is 138 cm³/mol. The Balaban J connectivity index is 1.44. The number of benzene rings is 2. The lowest BCUT2D eigenvalue weighted by Gasteiger charge is -2.28. The summed E-state index contributed by atoms with van der Waals surface area (Å²) in [5, 5.41) is 0.198. The minimum atomic E-state index is -0.480. The average Bonchev–Trinajstić information content (AvgIpc) is 3.07. The molecule has 0 spiro atoms. The van der Waals surface area contributed by atoms with Gasteiger partial charge in [0.05, 0.1) is 27.1 Å². The van der Waals surface area contributed by atoms with Gasteiger partial charge in [-0.2, -0.15) is 0 Å². The van der Waals surface area contributed by atoms with Crippen LogP contribution in [0.1, 0.15) is 11.1 Å². The molecule has 178 valence electrons. The fraction of sp³-hybridized carbons (Fsp3) is 0.261. The summed E-state index contributed by atoms with van der Waals surface area (Å²) in [5.41, 5.74) is 1.66. The van der Waals surface area contributed by atoms with Crippen molar-refractivity contribution in [2.24, 2.45) is 0 Å². The first-order chi connectivity index (χ1) is 16.3. The summed E-state index contributed by atoms with van der Waals surface area (Å²) in [6, 6.07) is 11.0. The van der Waals surface area contributed by atoms with Gasteiger partial charge < -0.3 is 14.4 Å². The van der Waals surface area contributed by atoms with E-state index in [1.54, 1.807) is 35.2 Å². The molecule has 2 aliphatic heterocycles. The molecule has 0 saturated carbocycles. The molecule has 0 aromatic heterocycles. The maximum absolute atomic E-state index is 12.8. The van der Waals surface area contributed by atoms with Gasteiger partial charge in [0.25, 0.3) is 11.1 Å². The van der Waals surface area contributed by atoms with E-state index in [0.29, 0.717) is 58.2 Å². The van der Waals surface area contributed by atoms with Crippen LogP contribution in [0, 0.1) is 0 Å². The summed E-state index contributed by atoms with van der Waals surface area (Å²) >= 11 is 13.8. The van der Waals surface area contributed by atoms with Crippen LogP contribution in [0.25, 0.3) is 6.08 Å². The van der Waals surface area contributed by atoms with Crippen molar-refractivity contribution in [3.63, 3.8) is 0 Å². The fourth-order valence-corrected chi connectivity index (χ4v) is 5.79. The summed E-state index contributed by atoms with van der Waals surface area (Å²) in [6.45, 7) is 1.91. The number of carbonyl (C=O) groups excluding carboxylic acids is 3. The molecule has 2 aromatic carbocycles. The second-order valence-corrected chi connectivity index (χ2v) is 10.6. The highest BCUT2D eigenvalue weighted by atomic mass is 79.9. The second kappa shape index (κ2) is 11.3. The molecule has 11 heteroatoms. The molecule has 2 fully saturated rings. The Morgan fingerprint density at radius 2 is 1.76 bits per heavy atom. The van der Waals surface area contributed by atoms with E-state index < -0.39 is 11.1 Å². The highest BCUT2D eigenvalue weighted by Crippen LogP contribution is 2.38. The number of imide groups is 1. The minimum absolute atomic E-state index is 0.258. The molecule has 0 radical (unpaired) electrons. The van der Waals surface area contributed by atoms with Crippen molar-refractivity contribution in [2.75, 3.05) is 32.8 Å².